The van der Waals surface area contributed by atoms with Crippen LogP contribution in [0.3, 0.4) is 0 Å². The van der Waals surface area contributed by atoms with E-state index in [1.807, 2.05) is 6.92 Å². The fourth-order valence-corrected chi connectivity index (χ4v) is 10.4. The Labute approximate surface area is 408 Å². The first-order chi connectivity index (χ1) is 34.7. The van der Waals surface area contributed by atoms with Crippen molar-refractivity contribution in [1.29, 1.82) is 0 Å². The molecular formula is C45H48F8N14O6. The second-order valence-corrected chi connectivity index (χ2v) is 20.0. The number of fused-ring (bicyclic) bond motifs is 2. The third kappa shape index (κ3) is 10.0. The zero-order valence-corrected chi connectivity index (χ0v) is 39.0. The van der Waals surface area contributed by atoms with Crippen LogP contribution in [0.1, 0.15) is 111 Å². The number of methoxy groups -OCH3 is 1. The van der Waals surface area contributed by atoms with E-state index in [2.05, 4.69) is 51.3 Å². The number of aromatic amines is 1. The molecule has 6 aromatic rings. The number of nitrogens with one attached hydrogen (secondary N) is 5. The van der Waals surface area contributed by atoms with Crippen LogP contribution in [-0.2, 0) is 44.9 Å². The predicted octanol–water partition coefficient (Wildman–Crippen LogP) is 8.15. The molecule has 6 atom stereocenters. The van der Waals surface area contributed by atoms with Crippen molar-refractivity contribution in [3.05, 3.63) is 70.8 Å². The number of alkyl halides is 8. The molecule has 6 aromatic heterocycles. The monoisotopic (exact) mass is 1030 g/mol. The summed E-state index contributed by atoms with van der Waals surface area (Å²) in [5.74, 6) is -0.655. The van der Waals surface area contributed by atoms with Gasteiger partial charge in [0.2, 0.25) is 5.95 Å². The highest BCUT2D eigenvalue weighted by Crippen LogP contribution is 2.57. The van der Waals surface area contributed by atoms with E-state index < -0.39 is 78.9 Å². The Hall–Kier alpha value is -6.84. The van der Waals surface area contributed by atoms with E-state index in [1.165, 1.54) is 40.8 Å². The van der Waals surface area contributed by atoms with Gasteiger partial charge in [0.25, 0.3) is 0 Å². The normalized spacial score (nSPS) is 26.1. The Kier molecular flexibility index (Phi) is 11.9. The maximum absolute atomic E-state index is 15.9. The van der Waals surface area contributed by atoms with Gasteiger partial charge in [-0.2, -0.15) is 28.5 Å². The van der Waals surface area contributed by atoms with Crippen LogP contribution in [0.15, 0.2) is 36.8 Å². The molecule has 0 radical (unpaired) electrons. The molecule has 0 saturated heterocycles. The number of rotatable bonds is 16. The van der Waals surface area contributed by atoms with Gasteiger partial charge in [0.1, 0.15) is 42.2 Å². The number of anilines is 4. The fourth-order valence-electron chi connectivity index (χ4n) is 10.4. The highest BCUT2D eigenvalue weighted by Gasteiger charge is 2.58. The lowest BCUT2D eigenvalue weighted by Crippen LogP contribution is -2.68. The molecule has 0 aromatic carbocycles. The Morgan fingerprint density at radius 3 is 2.34 bits per heavy atom. The Balaban J connectivity index is 0.898. The minimum absolute atomic E-state index is 0.0305. The summed E-state index contributed by atoms with van der Waals surface area (Å²) in [4.78, 5) is 38.4. The molecule has 12 rings (SSSR count). The highest BCUT2D eigenvalue weighted by molar-refractivity contribution is 5.73. The number of aromatic nitrogens is 10. The maximum atomic E-state index is 15.9. The molecule has 20 nitrogen and oxygen atoms in total. The standard InChI is InChI=1S/C45H48F8N14O6/c1-42(5-6-42)59-40(68)72-32-4-3-26(36(32)47)29-10-34(62-61-29)57-37-31-9-23(20-71-45(51,52)53)63-67(31)18-24(55-37)17-66-30(22-7-28(46)33(8-22)73-41(69)60-43-12-21(13-43)14-43)11-35(64-66)58-39-54-15-27(44(48,49)50)38-56-25(19-70-2)16-65(38)39/h9-11,15-16,18,21-22,26,28,32-33,36H,3-8,12-14,17,19-20H2,1-2H3,(H,59,68)(H,60,69)(H,54,58,64)(H2,55,57,61,62)/t21?,22-,26+,28+,32+,33-,36+,43?/m0/s1. The van der Waals surface area contributed by atoms with Gasteiger partial charge < -0.3 is 35.5 Å². The van der Waals surface area contributed by atoms with E-state index in [-0.39, 0.29) is 89.5 Å². The lowest BCUT2D eigenvalue weighted by molar-refractivity contribution is -0.330. The van der Waals surface area contributed by atoms with Crippen molar-refractivity contribution in [3.63, 3.8) is 0 Å². The fraction of sp³-hybridized carbons (Fsp3) is 0.556. The van der Waals surface area contributed by atoms with E-state index >= 15 is 8.78 Å². The van der Waals surface area contributed by atoms with Gasteiger partial charge in [-0.05, 0) is 76.7 Å². The van der Waals surface area contributed by atoms with Crippen LogP contribution in [0.2, 0.25) is 0 Å². The van der Waals surface area contributed by atoms with Gasteiger partial charge in [0.15, 0.2) is 23.1 Å². The van der Waals surface area contributed by atoms with Crippen molar-refractivity contribution in [2.24, 2.45) is 5.92 Å². The van der Waals surface area contributed by atoms with Gasteiger partial charge in [0, 0.05) is 65.9 Å². The lowest BCUT2D eigenvalue weighted by atomic mass is 9.50. The number of hydrogen-bond acceptors (Lipinski definition) is 14. The van der Waals surface area contributed by atoms with Crippen LogP contribution < -0.4 is 21.3 Å². The van der Waals surface area contributed by atoms with E-state index in [1.54, 1.807) is 6.07 Å². The molecule has 2 amide bonds. The molecule has 28 heteroatoms. The van der Waals surface area contributed by atoms with Crippen LogP contribution in [-0.4, -0.2) is 110 Å². The summed E-state index contributed by atoms with van der Waals surface area (Å²) >= 11 is 0. The van der Waals surface area contributed by atoms with E-state index in [0.29, 0.717) is 29.9 Å². The van der Waals surface area contributed by atoms with Crippen molar-refractivity contribution in [3.8, 4) is 0 Å². The van der Waals surface area contributed by atoms with Crippen molar-refractivity contribution in [2.45, 2.75) is 144 Å². The second kappa shape index (κ2) is 18.0. The molecule has 0 unspecified atom stereocenters. The summed E-state index contributed by atoms with van der Waals surface area (Å²) < 4.78 is 138. The quantitative estimate of drug-likeness (QED) is 0.0577. The highest BCUT2D eigenvalue weighted by atomic mass is 19.4. The predicted molar refractivity (Wildman–Crippen MR) is 237 cm³/mol. The lowest BCUT2D eigenvalue weighted by Gasteiger charge is -2.61. The van der Waals surface area contributed by atoms with Crippen LogP contribution >= 0.6 is 0 Å². The zero-order chi connectivity index (χ0) is 51.2. The largest absolute Gasteiger partial charge is 0.522 e. The minimum Gasteiger partial charge on any atom is -0.443 e. The number of halogens is 8. The molecule has 390 valence electrons. The molecule has 73 heavy (non-hydrogen) atoms. The third-order valence-corrected chi connectivity index (χ3v) is 14.4. The van der Waals surface area contributed by atoms with Gasteiger partial charge in [-0.15, -0.1) is 13.2 Å². The van der Waals surface area contributed by atoms with Gasteiger partial charge >= 0.3 is 24.7 Å². The number of amides is 2. The van der Waals surface area contributed by atoms with Crippen LogP contribution in [0.4, 0.5) is 68.1 Å². The summed E-state index contributed by atoms with van der Waals surface area (Å²) in [6.45, 7) is 0.610. The summed E-state index contributed by atoms with van der Waals surface area (Å²) in [6.07, 6.45) is -8.45. The number of H-pyrrole nitrogens is 1. The SMILES string of the molecule is COCc1cn2c(Nc3cc([C@H]4C[C@@H](F)[C@@H](OC(=O)NC56CC(C5)C6)C4)n(Cc4cn5nc(COC(F)(F)F)cc5c(Nc5cc([C@H]6CC[C@@H](OC(=O)NC7(C)CC7)[C@@H]6F)[nH]n5)n4)n3)ncc(C(F)(F)F)c2n1. The molecule has 2 bridgehead atoms. The second-order valence-electron chi connectivity index (χ2n) is 20.0. The van der Waals surface area contributed by atoms with Crippen molar-refractivity contribution in [1.82, 2.24) is 59.6 Å². The van der Waals surface area contributed by atoms with Crippen LogP contribution in [0.25, 0.3) is 11.2 Å². The average molecular weight is 1030 g/mol. The van der Waals surface area contributed by atoms with E-state index in [4.69, 9.17) is 24.3 Å². The van der Waals surface area contributed by atoms with Gasteiger partial charge in [0.05, 0.1) is 36.4 Å². The molecular weight excluding hydrogens is 985 g/mol. The van der Waals surface area contributed by atoms with E-state index in [0.717, 1.165) is 36.5 Å². The Morgan fingerprint density at radius 1 is 0.863 bits per heavy atom. The topological polar surface area (TPSA) is 226 Å². The molecule has 0 aliphatic heterocycles. The molecule has 6 aliphatic carbocycles. The first-order valence-electron chi connectivity index (χ1n) is 23.6. The molecule has 6 heterocycles. The molecule has 6 fully saturated rings. The Morgan fingerprint density at radius 2 is 1.63 bits per heavy atom. The smallest absolute Gasteiger partial charge is 0.443 e. The van der Waals surface area contributed by atoms with Gasteiger partial charge in [-0.1, -0.05) is 0 Å². The number of imidazole rings is 1. The van der Waals surface area contributed by atoms with Crippen LogP contribution in [0, 0.1) is 5.92 Å². The molecule has 6 saturated carbocycles. The average Bonchev–Trinajstić information content (AvgIpc) is 3.99. The van der Waals surface area contributed by atoms with Crippen molar-refractivity contribution in [2.75, 3.05) is 17.7 Å². The number of hydrogen-bond donors (Lipinski definition) is 5. The van der Waals surface area contributed by atoms with Gasteiger partial charge in [-0.3, -0.25) is 18.9 Å². The van der Waals surface area contributed by atoms with Crippen molar-refractivity contribution >= 4 is 46.8 Å². The number of ether oxygens (including phenoxy) is 4. The maximum Gasteiger partial charge on any atom is 0.522 e. The zero-order valence-electron chi connectivity index (χ0n) is 39.0. The number of nitrogens with zero attached hydrogens (tertiary/aromatic N) is 9. The number of carbonyl (C=O) groups excluding carboxylic acids is 2. The summed E-state index contributed by atoms with van der Waals surface area (Å²) in [5, 5.41) is 27.8. The third-order valence-electron chi connectivity index (χ3n) is 14.4. The minimum atomic E-state index is -4.97. The number of alkyl carbamates (subject to hydrolysis) is 2. The van der Waals surface area contributed by atoms with Crippen molar-refractivity contribution < 1.29 is 63.7 Å². The molecule has 0 spiro atoms. The van der Waals surface area contributed by atoms with E-state index in [9.17, 15) is 35.9 Å². The van der Waals surface area contributed by atoms with Crippen LogP contribution in [0.5, 0.6) is 0 Å². The Bertz CT molecular complexity index is 3060. The summed E-state index contributed by atoms with van der Waals surface area (Å²) in [5.41, 5.74) is -1.03. The molecule has 6 aliphatic rings. The first-order valence-corrected chi connectivity index (χ1v) is 23.6. The number of carbonyl (C=O) groups is 2. The molecule has 5 N–H and O–H groups in total. The summed E-state index contributed by atoms with van der Waals surface area (Å²) in [6, 6.07) is 4.41. The first kappa shape index (κ1) is 48.4. The summed E-state index contributed by atoms with van der Waals surface area (Å²) in [7, 11) is 1.36. The van der Waals surface area contributed by atoms with Gasteiger partial charge in [-0.25, -0.2) is 37.8 Å².